The maximum absolute atomic E-state index is 13.5. The molecule has 0 aromatic heterocycles. The Kier molecular flexibility index (Phi) is 9.85. The summed E-state index contributed by atoms with van der Waals surface area (Å²) in [5.74, 6) is -7.52. The molecule has 0 bridgehead atoms. The Morgan fingerprint density at radius 1 is 0.604 bits per heavy atom. The summed E-state index contributed by atoms with van der Waals surface area (Å²) in [6.45, 7) is 10.4. The van der Waals surface area contributed by atoms with E-state index in [1.165, 1.54) is 46.2 Å². The molecule has 4 aliphatic rings. The molecule has 2 heterocycles. The Bertz CT molecular complexity index is 1800. The van der Waals surface area contributed by atoms with Crippen LogP contribution in [0.1, 0.15) is 83.0 Å². The van der Waals surface area contributed by atoms with Crippen molar-refractivity contribution in [3.8, 4) is 0 Å². The Balaban J connectivity index is 1.13. The summed E-state index contributed by atoms with van der Waals surface area (Å²) in [5, 5.41) is 3.06. The van der Waals surface area contributed by atoms with Crippen molar-refractivity contribution in [3.05, 3.63) is 58.7 Å². The van der Waals surface area contributed by atoms with Crippen LogP contribution in [-0.4, -0.2) is 119 Å². The van der Waals surface area contributed by atoms with Crippen molar-refractivity contribution >= 4 is 58.3 Å². The first-order valence-corrected chi connectivity index (χ1v) is 17.3. The summed E-state index contributed by atoms with van der Waals surface area (Å²) in [7, 11) is 0. The number of rotatable bonds is 6. The number of nitrogens with one attached hydrogen (secondary N) is 1. The van der Waals surface area contributed by atoms with Gasteiger partial charge in [0.05, 0.1) is 26.3 Å². The summed E-state index contributed by atoms with van der Waals surface area (Å²) >= 11 is 0. The van der Waals surface area contributed by atoms with Gasteiger partial charge >= 0.3 is 12.2 Å². The van der Waals surface area contributed by atoms with Gasteiger partial charge in [-0.3, -0.25) is 28.8 Å². The number of nitrogens with zero attached hydrogens (tertiary/aromatic N) is 2. The molecule has 2 amide bonds. The minimum absolute atomic E-state index is 0.0177. The van der Waals surface area contributed by atoms with Gasteiger partial charge in [0, 0.05) is 46.7 Å². The molecule has 2 aromatic rings. The molecule has 2 aliphatic carbocycles. The second kappa shape index (κ2) is 13.9. The Morgan fingerprint density at radius 2 is 0.962 bits per heavy atom. The van der Waals surface area contributed by atoms with Crippen molar-refractivity contribution in [1.82, 2.24) is 9.80 Å². The number of morpholine rings is 2. The van der Waals surface area contributed by atoms with Crippen molar-refractivity contribution < 1.29 is 57.3 Å². The topological polar surface area (TPSA) is 192 Å². The van der Waals surface area contributed by atoms with Gasteiger partial charge in [0.2, 0.25) is 0 Å². The summed E-state index contributed by atoms with van der Waals surface area (Å²) in [6.07, 6.45) is -3.66. The number of ether oxygens (including phenoxy) is 4. The smallest absolute Gasteiger partial charge is 0.410 e. The van der Waals surface area contributed by atoms with Gasteiger partial charge in [-0.15, -0.1) is 0 Å². The predicted molar refractivity (Wildman–Crippen MR) is 186 cm³/mol. The van der Waals surface area contributed by atoms with Crippen LogP contribution in [-0.2, 0) is 28.5 Å². The molecular formula is C38H41N3O12. The lowest BCUT2D eigenvalue weighted by atomic mass is 9.94. The summed E-state index contributed by atoms with van der Waals surface area (Å²) in [4.78, 5) is 108. The molecule has 4 atom stereocenters. The van der Waals surface area contributed by atoms with Crippen LogP contribution < -0.4 is 5.32 Å². The third kappa shape index (κ3) is 7.62. The fourth-order valence-corrected chi connectivity index (χ4v) is 6.62. The van der Waals surface area contributed by atoms with Gasteiger partial charge in [-0.2, -0.15) is 0 Å². The predicted octanol–water partition coefficient (Wildman–Crippen LogP) is 3.83. The first-order chi connectivity index (χ1) is 24.8. The van der Waals surface area contributed by atoms with Crippen LogP contribution in [0.25, 0.3) is 0 Å². The average Bonchev–Trinajstić information content (AvgIpc) is 3.49. The quantitative estimate of drug-likeness (QED) is 0.422. The lowest BCUT2D eigenvalue weighted by Gasteiger charge is -2.34. The molecule has 2 saturated heterocycles. The molecule has 6 rings (SSSR count). The molecule has 53 heavy (non-hydrogen) atoms. The number of Topliss-reactive ketones (excluding diaryl/α,β-unsaturated/α-hetero) is 6. The summed E-state index contributed by atoms with van der Waals surface area (Å²) in [5.41, 5.74) is -0.655. The second-order valence-corrected chi connectivity index (χ2v) is 15.3. The molecule has 2 aromatic carbocycles. The van der Waals surface area contributed by atoms with E-state index in [2.05, 4.69) is 5.32 Å². The molecule has 2 aliphatic heterocycles. The molecule has 0 radical (unpaired) electrons. The molecule has 0 saturated carbocycles. The van der Waals surface area contributed by atoms with Crippen LogP contribution in [0, 0.1) is 11.8 Å². The van der Waals surface area contributed by atoms with E-state index < -0.39 is 82.1 Å². The SMILES string of the molecule is CC(C)(C)OC(=O)N1CCOC(C(=O)C2C(=O)c3ccc(Nc4ccc5c(c4)C(=O)C(C(=O)C4CN(C(=O)OC(C)(C)C)CCO4)C5=O)cc3C2=O)C1. The van der Waals surface area contributed by atoms with Gasteiger partial charge in [0.1, 0.15) is 35.2 Å². The monoisotopic (exact) mass is 731 g/mol. The number of fused-ring (bicyclic) bond motifs is 2. The zero-order valence-electron chi connectivity index (χ0n) is 30.3. The molecular weight excluding hydrogens is 690 g/mol. The summed E-state index contributed by atoms with van der Waals surface area (Å²) in [6, 6.07) is 8.73. The third-order valence-corrected chi connectivity index (χ3v) is 9.08. The van der Waals surface area contributed by atoms with E-state index in [4.69, 9.17) is 18.9 Å². The second-order valence-electron chi connectivity index (χ2n) is 15.3. The molecule has 2 fully saturated rings. The van der Waals surface area contributed by atoms with Crippen LogP contribution in [0.3, 0.4) is 0 Å². The maximum atomic E-state index is 13.5. The van der Waals surface area contributed by atoms with Crippen LogP contribution >= 0.6 is 0 Å². The first-order valence-electron chi connectivity index (χ1n) is 17.3. The summed E-state index contributed by atoms with van der Waals surface area (Å²) < 4.78 is 22.0. The van der Waals surface area contributed by atoms with Crippen LogP contribution in [0.5, 0.6) is 0 Å². The molecule has 4 unspecified atom stereocenters. The molecule has 0 spiro atoms. The highest BCUT2D eigenvalue weighted by molar-refractivity contribution is 6.37. The first kappa shape index (κ1) is 37.5. The molecule has 280 valence electrons. The standard InChI is InChI=1S/C38H41N3O12/c1-37(2,3)52-35(48)40-11-13-50-25(17-40)33(46)27-29(42)21-9-7-19(15-23(21)31(27)44)39-20-8-10-22-24(16-20)32(45)28(30(22)43)34(47)26-18-41(12-14-51-26)36(49)53-38(4,5)6/h7-10,15-16,25-28,39H,11-14,17-18H2,1-6H3. The average molecular weight is 732 g/mol. The minimum atomic E-state index is -1.63. The largest absolute Gasteiger partial charge is 0.444 e. The van der Waals surface area contributed by atoms with Gasteiger partial charge in [-0.1, -0.05) is 0 Å². The van der Waals surface area contributed by atoms with Crippen LogP contribution in [0.4, 0.5) is 21.0 Å². The molecule has 15 heteroatoms. The van der Waals surface area contributed by atoms with E-state index in [1.807, 2.05) is 0 Å². The van der Waals surface area contributed by atoms with Crippen molar-refractivity contribution in [3.63, 3.8) is 0 Å². The highest BCUT2D eigenvalue weighted by Crippen LogP contribution is 2.35. The number of hydrogen-bond donors (Lipinski definition) is 1. The number of hydrogen-bond acceptors (Lipinski definition) is 13. The fourth-order valence-electron chi connectivity index (χ4n) is 6.62. The normalized spacial score (nSPS) is 23.1. The minimum Gasteiger partial charge on any atom is -0.444 e. The number of carbonyl (C=O) groups excluding carboxylic acids is 8. The Morgan fingerprint density at radius 3 is 1.32 bits per heavy atom. The van der Waals surface area contributed by atoms with Crippen LogP contribution in [0.15, 0.2) is 36.4 Å². The zero-order chi connectivity index (χ0) is 38.6. The number of carbonyl (C=O) groups is 8. The highest BCUT2D eigenvalue weighted by Gasteiger charge is 2.49. The third-order valence-electron chi connectivity index (χ3n) is 9.08. The number of anilines is 2. The highest BCUT2D eigenvalue weighted by atomic mass is 16.6. The number of ketones is 6. The van der Waals surface area contributed by atoms with Gasteiger partial charge < -0.3 is 34.1 Å². The van der Waals surface area contributed by atoms with E-state index in [0.717, 1.165) is 0 Å². The zero-order valence-corrected chi connectivity index (χ0v) is 30.3. The fraction of sp³-hybridized carbons (Fsp3) is 0.474. The van der Waals surface area contributed by atoms with Crippen LogP contribution in [0.2, 0.25) is 0 Å². The van der Waals surface area contributed by atoms with Gasteiger partial charge in [-0.25, -0.2) is 9.59 Å². The molecule has 1 N–H and O–H groups in total. The van der Waals surface area contributed by atoms with Crippen molar-refractivity contribution in [2.45, 2.75) is 65.0 Å². The lowest BCUT2D eigenvalue weighted by molar-refractivity contribution is -0.137. The van der Waals surface area contributed by atoms with Crippen molar-refractivity contribution in [2.24, 2.45) is 11.8 Å². The van der Waals surface area contributed by atoms with Gasteiger partial charge in [0.25, 0.3) is 0 Å². The van der Waals surface area contributed by atoms with Crippen molar-refractivity contribution in [1.29, 1.82) is 0 Å². The Hall–Kier alpha value is -5.28. The van der Waals surface area contributed by atoms with Crippen molar-refractivity contribution in [2.75, 3.05) is 44.7 Å². The van der Waals surface area contributed by atoms with E-state index in [9.17, 15) is 38.4 Å². The van der Waals surface area contributed by atoms with E-state index >= 15 is 0 Å². The maximum Gasteiger partial charge on any atom is 0.410 e. The van der Waals surface area contributed by atoms with Gasteiger partial charge in [0.15, 0.2) is 34.7 Å². The number of amides is 2. The van der Waals surface area contributed by atoms with E-state index in [-0.39, 0.29) is 61.6 Å². The molecule has 15 nitrogen and oxygen atoms in total. The van der Waals surface area contributed by atoms with E-state index in [1.54, 1.807) is 41.5 Å². The Labute approximate surface area is 305 Å². The van der Waals surface area contributed by atoms with E-state index in [0.29, 0.717) is 11.4 Å². The van der Waals surface area contributed by atoms with Gasteiger partial charge in [-0.05, 0) is 77.9 Å². The lowest BCUT2D eigenvalue weighted by Crippen LogP contribution is -2.52. The number of benzene rings is 2.